The largest absolute Gasteiger partial charge is 0.542 e. The summed E-state index contributed by atoms with van der Waals surface area (Å²) in [4.78, 5) is 11.1. The highest BCUT2D eigenvalue weighted by Gasteiger charge is 2.40. The summed E-state index contributed by atoms with van der Waals surface area (Å²) in [7, 11) is -0.458. The number of hydrogen-bond donors (Lipinski definition) is 0. The maximum absolute atomic E-state index is 11.1. The van der Waals surface area contributed by atoms with E-state index in [1.54, 1.807) is 7.11 Å². The van der Waals surface area contributed by atoms with Gasteiger partial charge >= 0.3 is 0 Å². The molecule has 0 fully saturated rings. The fourth-order valence-electron chi connectivity index (χ4n) is 2.03. The third-order valence-electron chi connectivity index (χ3n) is 4.63. The van der Waals surface area contributed by atoms with Crippen LogP contribution in [0.1, 0.15) is 37.5 Å². The predicted octanol–water partition coefficient (Wildman–Crippen LogP) is 5.09. The lowest BCUT2D eigenvalue weighted by atomic mass is 10.0. The number of rotatable bonds is 5. The smallest absolute Gasteiger partial charge is 0.250 e. The van der Waals surface area contributed by atoms with Gasteiger partial charge in [0.2, 0.25) is 0 Å². The second-order valence-corrected chi connectivity index (χ2v) is 12.2. The number of carbonyl (C=O) groups excluding carboxylic acids is 1. The van der Waals surface area contributed by atoms with Gasteiger partial charge in [-0.15, -0.1) is 0 Å². The summed E-state index contributed by atoms with van der Waals surface area (Å²) in [5.74, 6) is 1.31. The van der Waals surface area contributed by atoms with E-state index in [2.05, 4.69) is 33.9 Å². The standard InChI is InChI=1S/C17H27ClO3Si/c1-11-12(2)15(20-6)13(9-10-19)16(14(11)18)21-22(7,8)17(3,4)5/h10H,9H2,1-8H3. The molecule has 0 aliphatic carbocycles. The van der Waals surface area contributed by atoms with E-state index < -0.39 is 8.32 Å². The lowest BCUT2D eigenvalue weighted by Crippen LogP contribution is -2.44. The Morgan fingerprint density at radius 3 is 2.09 bits per heavy atom. The Labute approximate surface area is 140 Å². The number of carbonyl (C=O) groups is 1. The maximum atomic E-state index is 11.1. The molecular weight excluding hydrogens is 316 g/mol. The number of hydrogen-bond acceptors (Lipinski definition) is 3. The van der Waals surface area contributed by atoms with E-state index in [4.69, 9.17) is 20.8 Å². The molecule has 0 radical (unpaired) electrons. The average Bonchev–Trinajstić information content (AvgIpc) is 2.40. The molecule has 0 spiro atoms. The van der Waals surface area contributed by atoms with Gasteiger partial charge in [0.25, 0.3) is 8.32 Å². The molecule has 1 rings (SSSR count). The molecule has 124 valence electrons. The van der Waals surface area contributed by atoms with Crippen LogP contribution < -0.4 is 9.16 Å². The molecule has 1 aromatic rings. The molecule has 0 atom stereocenters. The highest BCUT2D eigenvalue weighted by Crippen LogP contribution is 2.45. The van der Waals surface area contributed by atoms with E-state index >= 15 is 0 Å². The third kappa shape index (κ3) is 3.49. The molecule has 1 aromatic carbocycles. The van der Waals surface area contributed by atoms with Crippen LogP contribution in [0.2, 0.25) is 23.2 Å². The second kappa shape index (κ2) is 6.63. The van der Waals surface area contributed by atoms with Gasteiger partial charge in [0, 0.05) is 12.0 Å². The summed E-state index contributed by atoms with van der Waals surface area (Å²) in [6, 6.07) is 0. The minimum atomic E-state index is -2.07. The monoisotopic (exact) mass is 342 g/mol. The Hall–Kier alpha value is -1.00. The molecule has 0 amide bonds. The molecule has 3 nitrogen and oxygen atoms in total. The first-order valence-electron chi connectivity index (χ1n) is 7.46. The van der Waals surface area contributed by atoms with Gasteiger partial charge in [0.15, 0.2) is 0 Å². The van der Waals surface area contributed by atoms with Crippen LogP contribution in [0.4, 0.5) is 0 Å². The summed E-state index contributed by atoms with van der Waals surface area (Å²) < 4.78 is 12.0. The average molecular weight is 343 g/mol. The molecule has 0 saturated carbocycles. The van der Waals surface area contributed by atoms with Crippen molar-refractivity contribution in [1.82, 2.24) is 0 Å². The van der Waals surface area contributed by atoms with Crippen LogP contribution >= 0.6 is 11.6 Å². The summed E-state index contributed by atoms with van der Waals surface area (Å²) in [6.45, 7) is 14.7. The van der Waals surface area contributed by atoms with E-state index in [9.17, 15) is 4.79 Å². The van der Waals surface area contributed by atoms with Crippen molar-refractivity contribution in [3.8, 4) is 11.5 Å². The van der Waals surface area contributed by atoms with E-state index in [-0.39, 0.29) is 11.5 Å². The molecule has 0 aliphatic heterocycles. The van der Waals surface area contributed by atoms with Crippen molar-refractivity contribution >= 4 is 26.2 Å². The van der Waals surface area contributed by atoms with Crippen LogP contribution in [-0.2, 0) is 11.2 Å². The molecule has 0 aliphatic rings. The molecule has 5 heteroatoms. The van der Waals surface area contributed by atoms with Crippen LogP contribution in [0, 0.1) is 13.8 Å². The van der Waals surface area contributed by atoms with Gasteiger partial charge in [-0.1, -0.05) is 32.4 Å². The SMILES string of the molecule is COc1c(C)c(C)c(Cl)c(O[Si](C)(C)C(C)(C)C)c1CC=O. The zero-order valence-electron chi connectivity index (χ0n) is 14.9. The first kappa shape index (κ1) is 19.0. The van der Waals surface area contributed by atoms with Crippen molar-refractivity contribution in [2.45, 2.75) is 59.2 Å². The molecular formula is C17H27ClO3Si. The third-order valence-corrected chi connectivity index (χ3v) is 9.42. The van der Waals surface area contributed by atoms with Gasteiger partial charge in [-0.2, -0.15) is 0 Å². The van der Waals surface area contributed by atoms with Gasteiger partial charge in [0.1, 0.15) is 17.8 Å². The summed E-state index contributed by atoms with van der Waals surface area (Å²) >= 11 is 6.55. The summed E-state index contributed by atoms with van der Waals surface area (Å²) in [6.07, 6.45) is 1.09. The predicted molar refractivity (Wildman–Crippen MR) is 95.1 cm³/mol. The zero-order valence-corrected chi connectivity index (χ0v) is 16.6. The molecule has 0 aromatic heterocycles. The first-order chi connectivity index (χ1) is 9.97. The van der Waals surface area contributed by atoms with E-state index in [0.29, 0.717) is 16.5 Å². The van der Waals surface area contributed by atoms with Gasteiger partial charge in [-0.3, -0.25) is 0 Å². The number of methoxy groups -OCH3 is 1. The van der Waals surface area contributed by atoms with E-state index in [1.807, 2.05) is 13.8 Å². The number of halogens is 1. The Morgan fingerprint density at radius 1 is 1.14 bits per heavy atom. The lowest BCUT2D eigenvalue weighted by molar-refractivity contribution is -0.107. The first-order valence-corrected chi connectivity index (χ1v) is 10.7. The summed E-state index contributed by atoms with van der Waals surface area (Å²) in [5.41, 5.74) is 2.63. The van der Waals surface area contributed by atoms with Crippen molar-refractivity contribution < 1.29 is 14.0 Å². The molecule has 0 N–H and O–H groups in total. The highest BCUT2D eigenvalue weighted by atomic mass is 35.5. The van der Waals surface area contributed by atoms with Crippen LogP contribution in [0.3, 0.4) is 0 Å². The molecule has 0 unspecified atom stereocenters. The zero-order chi connectivity index (χ0) is 17.3. The van der Waals surface area contributed by atoms with Crippen molar-refractivity contribution in [3.63, 3.8) is 0 Å². The van der Waals surface area contributed by atoms with Crippen molar-refractivity contribution in [3.05, 3.63) is 21.7 Å². The van der Waals surface area contributed by atoms with Crippen LogP contribution in [0.5, 0.6) is 11.5 Å². The quantitative estimate of drug-likeness (QED) is 0.552. The van der Waals surface area contributed by atoms with Gasteiger partial charge in [-0.05, 0) is 43.1 Å². The Kier molecular flexibility index (Phi) is 5.74. The van der Waals surface area contributed by atoms with Crippen LogP contribution in [0.25, 0.3) is 0 Å². The molecule has 22 heavy (non-hydrogen) atoms. The Balaban J connectivity index is 3.58. The van der Waals surface area contributed by atoms with E-state index in [0.717, 1.165) is 23.0 Å². The lowest BCUT2D eigenvalue weighted by Gasteiger charge is -2.37. The van der Waals surface area contributed by atoms with Crippen LogP contribution in [0.15, 0.2) is 0 Å². The molecule has 0 saturated heterocycles. The minimum absolute atomic E-state index is 0.0425. The highest BCUT2D eigenvalue weighted by molar-refractivity contribution is 6.74. The topological polar surface area (TPSA) is 35.5 Å². The van der Waals surface area contributed by atoms with Crippen molar-refractivity contribution in [2.24, 2.45) is 0 Å². The normalized spacial score (nSPS) is 12.2. The second-order valence-electron chi connectivity index (χ2n) is 7.14. The fraction of sp³-hybridized carbons (Fsp3) is 0.588. The van der Waals surface area contributed by atoms with Crippen LogP contribution in [-0.4, -0.2) is 21.7 Å². The number of benzene rings is 1. The van der Waals surface area contributed by atoms with Gasteiger partial charge < -0.3 is 14.0 Å². The number of aldehydes is 1. The molecule has 0 bridgehead atoms. The van der Waals surface area contributed by atoms with Crippen molar-refractivity contribution in [1.29, 1.82) is 0 Å². The maximum Gasteiger partial charge on any atom is 0.250 e. The summed E-state index contributed by atoms with van der Waals surface area (Å²) in [5, 5.41) is 0.626. The van der Waals surface area contributed by atoms with E-state index in [1.165, 1.54) is 0 Å². The number of ether oxygens (including phenoxy) is 1. The Bertz CT molecular complexity index is 574. The van der Waals surface area contributed by atoms with Crippen molar-refractivity contribution in [2.75, 3.05) is 7.11 Å². The fourth-order valence-corrected chi connectivity index (χ4v) is 3.43. The minimum Gasteiger partial charge on any atom is -0.542 e. The van der Waals surface area contributed by atoms with Gasteiger partial charge in [-0.25, -0.2) is 0 Å². The molecule has 0 heterocycles. The van der Waals surface area contributed by atoms with Gasteiger partial charge in [0.05, 0.1) is 12.1 Å². The Morgan fingerprint density at radius 2 is 1.68 bits per heavy atom.